The van der Waals surface area contributed by atoms with E-state index in [1.165, 1.54) is 0 Å². The van der Waals surface area contributed by atoms with E-state index in [9.17, 15) is 4.79 Å². The number of ether oxygens (including phenoxy) is 1. The number of carbonyl (C=O) groups excluding carboxylic acids is 1. The lowest BCUT2D eigenvalue weighted by molar-refractivity contribution is -0.118. The van der Waals surface area contributed by atoms with Gasteiger partial charge >= 0.3 is 0 Å². The van der Waals surface area contributed by atoms with Crippen molar-refractivity contribution in [2.24, 2.45) is 5.73 Å². The Bertz CT molecular complexity index is 447. The summed E-state index contributed by atoms with van der Waals surface area (Å²) in [6.45, 7) is 1.86. The molecular formula is C12H16ClN3O2. The van der Waals surface area contributed by atoms with Crippen LogP contribution in [0, 0.1) is 0 Å². The molecule has 2 rings (SSSR count). The van der Waals surface area contributed by atoms with Gasteiger partial charge in [0.15, 0.2) is 0 Å². The highest BCUT2D eigenvalue weighted by atomic mass is 35.5. The Balaban J connectivity index is 1.95. The summed E-state index contributed by atoms with van der Waals surface area (Å²) in [5.74, 6) is 0.496. The normalized spacial score (nSPS) is 16.2. The van der Waals surface area contributed by atoms with E-state index in [0.29, 0.717) is 23.0 Å². The molecule has 0 saturated carbocycles. The summed E-state index contributed by atoms with van der Waals surface area (Å²) in [6, 6.07) is 5.29. The molecule has 1 fully saturated rings. The van der Waals surface area contributed by atoms with Gasteiger partial charge in [0.1, 0.15) is 5.75 Å². The number of likely N-dealkylation sites (tertiary alicyclic amines) is 1. The van der Waals surface area contributed by atoms with E-state index in [-0.39, 0.29) is 11.9 Å². The summed E-state index contributed by atoms with van der Waals surface area (Å²) in [6.07, 6.45) is 0. The number of hydrogen-bond donors (Lipinski definition) is 2. The first kappa shape index (κ1) is 13.1. The molecule has 0 bridgehead atoms. The molecule has 6 heteroatoms. The number of carbonyl (C=O) groups is 1. The molecule has 1 heterocycles. The van der Waals surface area contributed by atoms with Crippen LogP contribution in [0.25, 0.3) is 0 Å². The van der Waals surface area contributed by atoms with Crippen molar-refractivity contribution < 1.29 is 9.53 Å². The number of amides is 1. The van der Waals surface area contributed by atoms with Gasteiger partial charge in [-0.25, -0.2) is 0 Å². The van der Waals surface area contributed by atoms with Crippen molar-refractivity contribution in [3.8, 4) is 5.75 Å². The van der Waals surface area contributed by atoms with E-state index in [4.69, 9.17) is 22.1 Å². The number of methoxy groups -OCH3 is 1. The Morgan fingerprint density at radius 2 is 2.33 bits per heavy atom. The number of hydrogen-bond acceptors (Lipinski definition) is 4. The van der Waals surface area contributed by atoms with Gasteiger partial charge in [0, 0.05) is 24.2 Å². The van der Waals surface area contributed by atoms with E-state index in [0.717, 1.165) is 13.1 Å². The summed E-state index contributed by atoms with van der Waals surface area (Å²) in [5, 5.41) is 3.34. The van der Waals surface area contributed by atoms with E-state index in [1.807, 2.05) is 4.90 Å². The molecule has 1 aliphatic heterocycles. The van der Waals surface area contributed by atoms with Gasteiger partial charge in [-0.3, -0.25) is 9.69 Å². The van der Waals surface area contributed by atoms with Crippen LogP contribution in [0.2, 0.25) is 5.02 Å². The number of nitrogens with zero attached hydrogens (tertiary/aromatic N) is 1. The van der Waals surface area contributed by atoms with Crippen molar-refractivity contribution in [3.05, 3.63) is 23.2 Å². The Morgan fingerprint density at radius 3 is 2.94 bits per heavy atom. The predicted molar refractivity (Wildman–Crippen MR) is 71.0 cm³/mol. The molecule has 0 radical (unpaired) electrons. The van der Waals surface area contributed by atoms with Gasteiger partial charge in [0.25, 0.3) is 0 Å². The number of anilines is 1. The molecule has 0 unspecified atom stereocenters. The summed E-state index contributed by atoms with van der Waals surface area (Å²) in [7, 11) is 1.55. The van der Waals surface area contributed by atoms with E-state index in [1.54, 1.807) is 25.3 Å². The first-order valence-electron chi connectivity index (χ1n) is 5.70. The number of benzene rings is 1. The summed E-state index contributed by atoms with van der Waals surface area (Å²) >= 11 is 5.89. The molecule has 1 aromatic rings. The van der Waals surface area contributed by atoms with Crippen LogP contribution in [-0.4, -0.2) is 43.6 Å². The van der Waals surface area contributed by atoms with Crippen molar-refractivity contribution in [3.63, 3.8) is 0 Å². The third-order valence-electron chi connectivity index (χ3n) is 2.79. The minimum absolute atomic E-state index is 0.0949. The summed E-state index contributed by atoms with van der Waals surface area (Å²) in [5.41, 5.74) is 6.24. The fourth-order valence-electron chi connectivity index (χ4n) is 1.91. The second kappa shape index (κ2) is 5.56. The Labute approximate surface area is 111 Å². The first-order valence-corrected chi connectivity index (χ1v) is 6.07. The lowest BCUT2D eigenvalue weighted by atomic mass is 10.1. The molecule has 0 spiro atoms. The van der Waals surface area contributed by atoms with E-state index < -0.39 is 0 Å². The molecule has 1 aliphatic rings. The molecule has 1 saturated heterocycles. The third kappa shape index (κ3) is 3.13. The highest BCUT2D eigenvalue weighted by Crippen LogP contribution is 2.27. The van der Waals surface area contributed by atoms with Crippen LogP contribution in [0.15, 0.2) is 18.2 Å². The molecule has 18 heavy (non-hydrogen) atoms. The maximum atomic E-state index is 11.8. The molecule has 3 N–H and O–H groups in total. The zero-order valence-electron chi connectivity index (χ0n) is 10.1. The van der Waals surface area contributed by atoms with E-state index >= 15 is 0 Å². The average Bonchev–Trinajstić information content (AvgIpc) is 2.27. The standard InChI is InChI=1S/C12H16ClN3O2/c1-18-11-3-2-8(13)4-10(11)15-12(17)7-16-5-9(14)6-16/h2-4,9H,5-7,14H2,1H3,(H,15,17). The molecule has 0 aromatic heterocycles. The molecule has 98 valence electrons. The topological polar surface area (TPSA) is 67.6 Å². The SMILES string of the molecule is COc1ccc(Cl)cc1NC(=O)CN1CC(N)C1. The van der Waals surface area contributed by atoms with Crippen LogP contribution in [0.1, 0.15) is 0 Å². The minimum atomic E-state index is -0.0949. The third-order valence-corrected chi connectivity index (χ3v) is 3.02. The molecule has 5 nitrogen and oxygen atoms in total. The van der Waals surface area contributed by atoms with Crippen LogP contribution < -0.4 is 15.8 Å². The second-order valence-corrected chi connectivity index (χ2v) is 4.78. The van der Waals surface area contributed by atoms with Gasteiger partial charge in [0.05, 0.1) is 19.3 Å². The summed E-state index contributed by atoms with van der Waals surface area (Å²) in [4.78, 5) is 13.8. The van der Waals surface area contributed by atoms with Crippen molar-refractivity contribution in [2.45, 2.75) is 6.04 Å². The Kier molecular flexibility index (Phi) is 4.06. The van der Waals surface area contributed by atoms with Crippen LogP contribution in [0.3, 0.4) is 0 Å². The van der Waals surface area contributed by atoms with Crippen molar-refractivity contribution in [1.29, 1.82) is 0 Å². The van der Waals surface area contributed by atoms with Crippen LogP contribution in [-0.2, 0) is 4.79 Å². The maximum absolute atomic E-state index is 11.8. The lowest BCUT2D eigenvalue weighted by Crippen LogP contribution is -2.57. The maximum Gasteiger partial charge on any atom is 0.238 e. The monoisotopic (exact) mass is 269 g/mol. The van der Waals surface area contributed by atoms with Gasteiger partial charge in [0.2, 0.25) is 5.91 Å². The number of halogens is 1. The molecule has 0 atom stereocenters. The van der Waals surface area contributed by atoms with Crippen LogP contribution in [0.5, 0.6) is 5.75 Å². The minimum Gasteiger partial charge on any atom is -0.495 e. The van der Waals surface area contributed by atoms with Crippen molar-refractivity contribution in [2.75, 3.05) is 32.1 Å². The predicted octanol–water partition coefficient (Wildman–Crippen LogP) is 0.930. The van der Waals surface area contributed by atoms with Gasteiger partial charge < -0.3 is 15.8 Å². The van der Waals surface area contributed by atoms with Crippen molar-refractivity contribution >= 4 is 23.2 Å². The van der Waals surface area contributed by atoms with Gasteiger partial charge in [-0.2, -0.15) is 0 Å². The highest BCUT2D eigenvalue weighted by molar-refractivity contribution is 6.31. The first-order chi connectivity index (χ1) is 8.58. The van der Waals surface area contributed by atoms with Crippen molar-refractivity contribution in [1.82, 2.24) is 4.90 Å². The smallest absolute Gasteiger partial charge is 0.238 e. The molecule has 0 aliphatic carbocycles. The molecular weight excluding hydrogens is 254 g/mol. The molecule has 1 amide bonds. The summed E-state index contributed by atoms with van der Waals surface area (Å²) < 4.78 is 5.16. The number of nitrogens with two attached hydrogens (primary N) is 1. The number of nitrogens with one attached hydrogen (secondary N) is 1. The zero-order chi connectivity index (χ0) is 13.1. The Hall–Kier alpha value is -1.30. The fraction of sp³-hybridized carbons (Fsp3) is 0.417. The van der Waals surface area contributed by atoms with Crippen LogP contribution >= 0.6 is 11.6 Å². The zero-order valence-corrected chi connectivity index (χ0v) is 10.9. The van der Waals surface area contributed by atoms with Gasteiger partial charge in [-0.1, -0.05) is 11.6 Å². The van der Waals surface area contributed by atoms with Gasteiger partial charge in [-0.15, -0.1) is 0 Å². The quantitative estimate of drug-likeness (QED) is 0.853. The van der Waals surface area contributed by atoms with E-state index in [2.05, 4.69) is 5.32 Å². The highest BCUT2D eigenvalue weighted by Gasteiger charge is 2.24. The molecule has 1 aromatic carbocycles. The average molecular weight is 270 g/mol. The van der Waals surface area contributed by atoms with Gasteiger partial charge in [-0.05, 0) is 18.2 Å². The fourth-order valence-corrected chi connectivity index (χ4v) is 2.08. The lowest BCUT2D eigenvalue weighted by Gasteiger charge is -2.36. The second-order valence-electron chi connectivity index (χ2n) is 4.35. The van der Waals surface area contributed by atoms with Crippen LogP contribution in [0.4, 0.5) is 5.69 Å². The number of rotatable bonds is 4. The Morgan fingerprint density at radius 1 is 1.61 bits per heavy atom. The largest absolute Gasteiger partial charge is 0.495 e.